The molecule has 0 amide bonds. The van der Waals surface area contributed by atoms with Gasteiger partial charge in [0, 0.05) is 5.56 Å². The van der Waals surface area contributed by atoms with Crippen LogP contribution in [-0.4, -0.2) is 18.5 Å². The molecule has 0 aromatic heterocycles. The Bertz CT molecular complexity index is 625. The zero-order chi connectivity index (χ0) is 14.5. The van der Waals surface area contributed by atoms with E-state index in [0.717, 1.165) is 6.07 Å². The predicted molar refractivity (Wildman–Crippen MR) is 70.8 cm³/mol. The van der Waals surface area contributed by atoms with Crippen LogP contribution >= 0.6 is 0 Å². The van der Waals surface area contributed by atoms with E-state index >= 15 is 0 Å². The van der Waals surface area contributed by atoms with Gasteiger partial charge in [0.25, 0.3) is 0 Å². The van der Waals surface area contributed by atoms with Gasteiger partial charge in [-0.3, -0.25) is 4.79 Å². The van der Waals surface area contributed by atoms with Crippen LogP contribution in [0.1, 0.15) is 15.9 Å². The van der Waals surface area contributed by atoms with Gasteiger partial charge < -0.3 is 14.6 Å². The molecule has 5 heteroatoms. The number of hydrogen-bond donors (Lipinski definition) is 1. The summed E-state index contributed by atoms with van der Waals surface area (Å²) >= 11 is 0. The number of aliphatic hydroxyl groups is 1. The van der Waals surface area contributed by atoms with Crippen molar-refractivity contribution in [2.75, 3.05) is 7.11 Å². The molecular formula is C15H13FO4. The summed E-state index contributed by atoms with van der Waals surface area (Å²) in [7, 11) is 1.45. The molecule has 0 heterocycles. The van der Waals surface area contributed by atoms with Gasteiger partial charge in [0.1, 0.15) is 6.29 Å². The molecule has 1 N–H and O–H groups in total. The third kappa shape index (κ3) is 2.95. The minimum Gasteiger partial charge on any atom is -0.493 e. The first-order valence-electron chi connectivity index (χ1n) is 5.88. The first-order valence-corrected chi connectivity index (χ1v) is 5.88. The molecule has 0 saturated heterocycles. The standard InChI is InChI=1S/C15H13FO4/c1-19-15-7-11(9-18)3-5-14(15)20-13-4-2-10(8-17)6-12(13)16/h2-8,18H,9H2,1H3. The molecule has 2 aromatic rings. The molecule has 0 fully saturated rings. The minimum atomic E-state index is -0.636. The van der Waals surface area contributed by atoms with Crippen LogP contribution in [0.4, 0.5) is 4.39 Å². The van der Waals surface area contributed by atoms with Crippen LogP contribution in [-0.2, 0) is 6.61 Å². The molecule has 104 valence electrons. The lowest BCUT2D eigenvalue weighted by atomic mass is 10.2. The van der Waals surface area contributed by atoms with Crippen LogP contribution in [0.2, 0.25) is 0 Å². The van der Waals surface area contributed by atoms with Gasteiger partial charge in [0.05, 0.1) is 13.7 Å². The summed E-state index contributed by atoms with van der Waals surface area (Å²) in [6.45, 7) is -0.126. The minimum absolute atomic E-state index is 0.00866. The van der Waals surface area contributed by atoms with Crippen molar-refractivity contribution in [3.63, 3.8) is 0 Å². The van der Waals surface area contributed by atoms with Crippen molar-refractivity contribution in [2.24, 2.45) is 0 Å². The van der Waals surface area contributed by atoms with Crippen LogP contribution < -0.4 is 9.47 Å². The summed E-state index contributed by atoms with van der Waals surface area (Å²) in [4.78, 5) is 10.5. The summed E-state index contributed by atoms with van der Waals surface area (Å²) in [6.07, 6.45) is 0.559. The summed E-state index contributed by atoms with van der Waals surface area (Å²) in [5, 5.41) is 9.05. The maximum atomic E-state index is 13.7. The van der Waals surface area contributed by atoms with Crippen molar-refractivity contribution in [1.82, 2.24) is 0 Å². The van der Waals surface area contributed by atoms with E-state index < -0.39 is 5.82 Å². The fraction of sp³-hybridized carbons (Fsp3) is 0.133. The lowest BCUT2D eigenvalue weighted by Crippen LogP contribution is -1.95. The molecule has 0 spiro atoms. The Morgan fingerprint density at radius 1 is 1.15 bits per heavy atom. The summed E-state index contributed by atoms with van der Waals surface area (Å²) < 4.78 is 24.3. The molecule has 0 aliphatic carbocycles. The second-order valence-electron chi connectivity index (χ2n) is 4.05. The van der Waals surface area contributed by atoms with Gasteiger partial charge in [0.2, 0.25) is 0 Å². The molecular weight excluding hydrogens is 263 g/mol. The summed E-state index contributed by atoms with van der Waals surface area (Å²) in [6, 6.07) is 8.76. The Balaban J connectivity index is 2.32. The molecule has 2 aromatic carbocycles. The van der Waals surface area contributed by atoms with Gasteiger partial charge in [-0.15, -0.1) is 0 Å². The number of aldehydes is 1. The van der Waals surface area contributed by atoms with E-state index in [4.69, 9.17) is 14.6 Å². The molecule has 0 aliphatic rings. The molecule has 2 rings (SSSR count). The van der Waals surface area contributed by atoms with Crippen molar-refractivity contribution >= 4 is 6.29 Å². The van der Waals surface area contributed by atoms with Crippen LogP contribution in [0.3, 0.4) is 0 Å². The first kappa shape index (κ1) is 14.0. The van der Waals surface area contributed by atoms with Crippen LogP contribution in [0.5, 0.6) is 17.2 Å². The molecule has 4 nitrogen and oxygen atoms in total. The molecule has 20 heavy (non-hydrogen) atoms. The number of halogens is 1. The molecule has 0 aliphatic heterocycles. The van der Waals surface area contributed by atoms with Gasteiger partial charge in [0.15, 0.2) is 23.1 Å². The molecule has 0 radical (unpaired) electrons. The number of benzene rings is 2. The Morgan fingerprint density at radius 2 is 1.90 bits per heavy atom. The summed E-state index contributed by atoms with van der Waals surface area (Å²) in [5.41, 5.74) is 0.892. The maximum absolute atomic E-state index is 13.7. The van der Waals surface area contributed by atoms with E-state index in [-0.39, 0.29) is 17.9 Å². The van der Waals surface area contributed by atoms with Crippen molar-refractivity contribution in [3.05, 3.63) is 53.3 Å². The highest BCUT2D eigenvalue weighted by molar-refractivity contribution is 5.75. The monoisotopic (exact) mass is 276 g/mol. The topological polar surface area (TPSA) is 55.8 Å². The van der Waals surface area contributed by atoms with Crippen molar-refractivity contribution in [2.45, 2.75) is 6.61 Å². The van der Waals surface area contributed by atoms with Crippen molar-refractivity contribution < 1.29 is 23.8 Å². The van der Waals surface area contributed by atoms with Crippen molar-refractivity contribution in [3.8, 4) is 17.2 Å². The molecule has 0 bridgehead atoms. The number of hydrogen-bond acceptors (Lipinski definition) is 4. The highest BCUT2D eigenvalue weighted by Crippen LogP contribution is 2.33. The number of ether oxygens (including phenoxy) is 2. The van der Waals surface area contributed by atoms with E-state index in [2.05, 4.69) is 0 Å². The predicted octanol–water partition coefficient (Wildman–Crippen LogP) is 2.93. The van der Waals surface area contributed by atoms with Crippen LogP contribution in [0.15, 0.2) is 36.4 Å². The number of carbonyl (C=O) groups is 1. The Morgan fingerprint density at radius 3 is 2.50 bits per heavy atom. The van der Waals surface area contributed by atoms with E-state index in [0.29, 0.717) is 23.3 Å². The third-order valence-corrected chi connectivity index (χ3v) is 2.72. The smallest absolute Gasteiger partial charge is 0.169 e. The second-order valence-corrected chi connectivity index (χ2v) is 4.05. The van der Waals surface area contributed by atoms with E-state index in [1.807, 2.05) is 0 Å². The number of carbonyl (C=O) groups excluding carboxylic acids is 1. The number of aliphatic hydroxyl groups excluding tert-OH is 1. The lowest BCUT2D eigenvalue weighted by Gasteiger charge is -2.12. The third-order valence-electron chi connectivity index (χ3n) is 2.72. The Kier molecular flexibility index (Phi) is 4.32. The summed E-state index contributed by atoms with van der Waals surface area (Å²) in [5.74, 6) is 0.0615. The van der Waals surface area contributed by atoms with E-state index in [9.17, 15) is 9.18 Å². The SMILES string of the molecule is COc1cc(CO)ccc1Oc1ccc(C=O)cc1F. The Labute approximate surface area is 115 Å². The zero-order valence-corrected chi connectivity index (χ0v) is 10.8. The van der Waals surface area contributed by atoms with Gasteiger partial charge in [-0.05, 0) is 35.9 Å². The highest BCUT2D eigenvalue weighted by Gasteiger charge is 2.10. The average molecular weight is 276 g/mol. The zero-order valence-electron chi connectivity index (χ0n) is 10.8. The Hall–Kier alpha value is -2.40. The van der Waals surface area contributed by atoms with Crippen molar-refractivity contribution in [1.29, 1.82) is 0 Å². The quantitative estimate of drug-likeness (QED) is 0.853. The molecule has 0 unspecified atom stereocenters. The van der Waals surface area contributed by atoms with Gasteiger partial charge in [-0.1, -0.05) is 6.07 Å². The van der Waals surface area contributed by atoms with Gasteiger partial charge in [-0.25, -0.2) is 4.39 Å². The molecule has 0 saturated carbocycles. The van der Waals surface area contributed by atoms with Crippen LogP contribution in [0.25, 0.3) is 0 Å². The highest BCUT2D eigenvalue weighted by atomic mass is 19.1. The van der Waals surface area contributed by atoms with Gasteiger partial charge in [-0.2, -0.15) is 0 Å². The largest absolute Gasteiger partial charge is 0.493 e. The van der Waals surface area contributed by atoms with Crippen LogP contribution in [0, 0.1) is 5.82 Å². The normalized spacial score (nSPS) is 10.2. The van der Waals surface area contributed by atoms with E-state index in [1.54, 1.807) is 18.2 Å². The van der Waals surface area contributed by atoms with Gasteiger partial charge >= 0.3 is 0 Å². The first-order chi connectivity index (χ1) is 9.67. The lowest BCUT2D eigenvalue weighted by molar-refractivity contribution is 0.112. The van der Waals surface area contributed by atoms with E-state index in [1.165, 1.54) is 19.2 Å². The second kappa shape index (κ2) is 6.16. The number of methoxy groups -OCH3 is 1. The maximum Gasteiger partial charge on any atom is 0.169 e. The fourth-order valence-electron chi connectivity index (χ4n) is 1.69. The number of rotatable bonds is 5. The molecule has 0 atom stereocenters. The average Bonchev–Trinajstić information content (AvgIpc) is 2.49. The fourth-order valence-corrected chi connectivity index (χ4v) is 1.69.